The molecule has 2 aliphatic heterocycles. The number of rotatable bonds is 3. The third-order valence-electron chi connectivity index (χ3n) is 6.55. The number of nitrogens with zero attached hydrogens (tertiary/aromatic N) is 2. The monoisotopic (exact) mass is 397 g/mol. The number of hydrogen-bond acceptors (Lipinski definition) is 3. The van der Waals surface area contributed by atoms with E-state index in [4.69, 9.17) is 17.3 Å². The summed E-state index contributed by atoms with van der Waals surface area (Å²) in [5.74, 6) is 0.0524. The SMILES string of the molecule is CN1CCc2ccccc2C12CCN(C(=O)[C@H](N)Cc1ccc(Cl)cc1)CC2. The van der Waals surface area contributed by atoms with E-state index >= 15 is 0 Å². The highest BCUT2D eigenvalue weighted by Gasteiger charge is 2.43. The number of amides is 1. The molecule has 4 rings (SSSR count). The number of benzene rings is 2. The van der Waals surface area contributed by atoms with Gasteiger partial charge in [0.25, 0.3) is 0 Å². The molecule has 2 aliphatic rings. The number of likely N-dealkylation sites (N-methyl/N-ethyl adjacent to an activating group) is 1. The van der Waals surface area contributed by atoms with E-state index in [1.807, 2.05) is 29.2 Å². The summed E-state index contributed by atoms with van der Waals surface area (Å²) in [6.45, 7) is 2.58. The molecule has 148 valence electrons. The first-order valence-corrected chi connectivity index (χ1v) is 10.5. The molecule has 2 N–H and O–H groups in total. The van der Waals surface area contributed by atoms with Crippen molar-refractivity contribution in [3.63, 3.8) is 0 Å². The Labute approximate surface area is 172 Å². The van der Waals surface area contributed by atoms with Gasteiger partial charge in [0.05, 0.1) is 6.04 Å². The highest BCUT2D eigenvalue weighted by molar-refractivity contribution is 6.30. The maximum Gasteiger partial charge on any atom is 0.239 e. The Balaban J connectivity index is 1.44. The molecular formula is C23H28ClN3O. The maximum absolute atomic E-state index is 12.9. The van der Waals surface area contributed by atoms with Gasteiger partial charge in [-0.2, -0.15) is 0 Å². The average Bonchev–Trinajstić information content (AvgIpc) is 2.73. The van der Waals surface area contributed by atoms with E-state index in [1.165, 1.54) is 11.1 Å². The zero-order chi connectivity index (χ0) is 19.7. The van der Waals surface area contributed by atoms with Gasteiger partial charge in [-0.1, -0.05) is 48.0 Å². The van der Waals surface area contributed by atoms with E-state index in [1.54, 1.807) is 0 Å². The fourth-order valence-corrected chi connectivity index (χ4v) is 4.97. The summed E-state index contributed by atoms with van der Waals surface area (Å²) < 4.78 is 0. The van der Waals surface area contributed by atoms with Crippen LogP contribution in [0.2, 0.25) is 5.02 Å². The lowest BCUT2D eigenvalue weighted by molar-refractivity contribution is -0.135. The maximum atomic E-state index is 12.9. The molecule has 28 heavy (non-hydrogen) atoms. The molecule has 4 nitrogen and oxygen atoms in total. The first-order valence-electron chi connectivity index (χ1n) is 10.1. The molecule has 2 heterocycles. The van der Waals surface area contributed by atoms with Gasteiger partial charge in [0.2, 0.25) is 5.91 Å². The third kappa shape index (κ3) is 3.57. The van der Waals surface area contributed by atoms with Gasteiger partial charge in [-0.3, -0.25) is 9.69 Å². The number of hydrogen-bond donors (Lipinski definition) is 1. The van der Waals surface area contributed by atoms with Gasteiger partial charge < -0.3 is 10.6 Å². The van der Waals surface area contributed by atoms with Gasteiger partial charge >= 0.3 is 0 Å². The second-order valence-corrected chi connectivity index (χ2v) is 8.56. The highest BCUT2D eigenvalue weighted by atomic mass is 35.5. The van der Waals surface area contributed by atoms with E-state index in [-0.39, 0.29) is 11.4 Å². The Kier molecular flexibility index (Phi) is 5.46. The van der Waals surface area contributed by atoms with E-state index in [9.17, 15) is 4.79 Å². The highest BCUT2D eigenvalue weighted by Crippen LogP contribution is 2.42. The fraction of sp³-hybridized carbons (Fsp3) is 0.435. The van der Waals surface area contributed by atoms with Gasteiger partial charge in [0, 0.05) is 30.2 Å². The third-order valence-corrected chi connectivity index (χ3v) is 6.81. The predicted octanol–water partition coefficient (Wildman–Crippen LogP) is 3.22. The molecule has 5 heteroatoms. The Morgan fingerprint density at radius 1 is 1.11 bits per heavy atom. The van der Waals surface area contributed by atoms with Crippen molar-refractivity contribution in [2.75, 3.05) is 26.7 Å². The first-order chi connectivity index (χ1) is 13.5. The van der Waals surface area contributed by atoms with Crippen LogP contribution < -0.4 is 5.73 Å². The summed E-state index contributed by atoms with van der Waals surface area (Å²) in [5.41, 5.74) is 10.3. The van der Waals surface area contributed by atoms with Crippen molar-refractivity contribution in [1.29, 1.82) is 0 Å². The molecule has 0 radical (unpaired) electrons. The lowest BCUT2D eigenvalue weighted by Crippen LogP contribution is -2.57. The number of carbonyl (C=O) groups is 1. The van der Waals surface area contributed by atoms with Crippen molar-refractivity contribution in [2.45, 2.75) is 37.3 Å². The summed E-state index contributed by atoms with van der Waals surface area (Å²) in [6.07, 6.45) is 3.56. The van der Waals surface area contributed by atoms with Crippen molar-refractivity contribution in [1.82, 2.24) is 9.80 Å². The van der Waals surface area contributed by atoms with Crippen LogP contribution in [0, 0.1) is 0 Å². The largest absolute Gasteiger partial charge is 0.341 e. The minimum absolute atomic E-state index is 0.0475. The molecular weight excluding hydrogens is 370 g/mol. The zero-order valence-corrected chi connectivity index (χ0v) is 17.2. The molecule has 0 aliphatic carbocycles. The molecule has 1 spiro atoms. The van der Waals surface area contributed by atoms with E-state index in [2.05, 4.69) is 36.2 Å². The second kappa shape index (κ2) is 7.86. The lowest BCUT2D eigenvalue weighted by Gasteiger charge is -2.51. The lowest BCUT2D eigenvalue weighted by atomic mass is 9.74. The van der Waals surface area contributed by atoms with Crippen molar-refractivity contribution in [2.24, 2.45) is 5.73 Å². The van der Waals surface area contributed by atoms with Gasteiger partial charge in [-0.05, 0) is 61.6 Å². The van der Waals surface area contributed by atoms with Gasteiger partial charge in [0.1, 0.15) is 0 Å². The van der Waals surface area contributed by atoms with Crippen LogP contribution >= 0.6 is 11.6 Å². The summed E-state index contributed by atoms with van der Waals surface area (Å²) in [7, 11) is 2.22. The fourth-order valence-electron chi connectivity index (χ4n) is 4.84. The Bertz CT molecular complexity index is 843. The van der Waals surface area contributed by atoms with Gasteiger partial charge in [-0.15, -0.1) is 0 Å². The normalized spacial score (nSPS) is 20.0. The number of piperidine rings is 1. The number of halogens is 1. The summed E-state index contributed by atoms with van der Waals surface area (Å²) in [4.78, 5) is 17.4. The van der Waals surface area contributed by atoms with Crippen LogP contribution in [0.25, 0.3) is 0 Å². The van der Waals surface area contributed by atoms with Crippen molar-refractivity contribution in [3.8, 4) is 0 Å². The minimum Gasteiger partial charge on any atom is -0.341 e. The molecule has 1 amide bonds. The molecule has 2 aromatic carbocycles. The van der Waals surface area contributed by atoms with E-state index < -0.39 is 6.04 Å². The van der Waals surface area contributed by atoms with Crippen LogP contribution in [-0.2, 0) is 23.2 Å². The minimum atomic E-state index is -0.508. The van der Waals surface area contributed by atoms with E-state index in [0.717, 1.165) is 44.5 Å². The Hall–Kier alpha value is -1.88. The molecule has 1 fully saturated rings. The van der Waals surface area contributed by atoms with Crippen molar-refractivity contribution >= 4 is 17.5 Å². The first kappa shape index (κ1) is 19.4. The van der Waals surface area contributed by atoms with Crippen LogP contribution in [0.5, 0.6) is 0 Å². The number of carbonyl (C=O) groups excluding carboxylic acids is 1. The average molecular weight is 398 g/mol. The van der Waals surface area contributed by atoms with Gasteiger partial charge in [0.15, 0.2) is 0 Å². The second-order valence-electron chi connectivity index (χ2n) is 8.12. The van der Waals surface area contributed by atoms with Crippen molar-refractivity contribution in [3.05, 3.63) is 70.2 Å². The molecule has 0 bridgehead atoms. The number of nitrogens with two attached hydrogens (primary N) is 1. The molecule has 1 saturated heterocycles. The summed E-state index contributed by atoms with van der Waals surface area (Å²) >= 11 is 5.94. The smallest absolute Gasteiger partial charge is 0.239 e. The molecule has 2 aromatic rings. The molecule has 1 atom stereocenters. The predicted molar refractivity (Wildman–Crippen MR) is 113 cm³/mol. The topological polar surface area (TPSA) is 49.6 Å². The van der Waals surface area contributed by atoms with Crippen molar-refractivity contribution < 1.29 is 4.79 Å². The summed E-state index contributed by atoms with van der Waals surface area (Å²) in [6, 6.07) is 15.9. The number of likely N-dealkylation sites (tertiary alicyclic amines) is 1. The summed E-state index contributed by atoms with van der Waals surface area (Å²) in [5, 5.41) is 0.696. The number of fused-ring (bicyclic) bond motifs is 2. The van der Waals surface area contributed by atoms with Crippen LogP contribution in [0.3, 0.4) is 0 Å². The molecule has 0 saturated carbocycles. The molecule has 0 unspecified atom stereocenters. The van der Waals surface area contributed by atoms with E-state index in [0.29, 0.717) is 11.4 Å². The van der Waals surface area contributed by atoms with Crippen LogP contribution in [0.15, 0.2) is 48.5 Å². The molecule has 0 aromatic heterocycles. The standard InChI is InChI=1S/C23H28ClN3O/c1-26-13-10-18-4-2-3-5-20(18)23(26)11-14-27(15-12-23)22(28)21(25)16-17-6-8-19(24)9-7-17/h2-9,21H,10-16,25H2,1H3/t21-/m1/s1. The van der Waals surface area contributed by atoms with Crippen LogP contribution in [-0.4, -0.2) is 48.4 Å². The van der Waals surface area contributed by atoms with Crippen LogP contribution in [0.4, 0.5) is 0 Å². The zero-order valence-electron chi connectivity index (χ0n) is 16.4. The van der Waals surface area contributed by atoms with Gasteiger partial charge in [-0.25, -0.2) is 0 Å². The Morgan fingerprint density at radius 2 is 1.79 bits per heavy atom. The quantitative estimate of drug-likeness (QED) is 0.865. The Morgan fingerprint density at radius 3 is 2.50 bits per heavy atom. The van der Waals surface area contributed by atoms with Crippen LogP contribution in [0.1, 0.15) is 29.5 Å².